The number of aryl methyl sites for hydroxylation is 1. The molecular weight excluding hydrogens is 318 g/mol. The van der Waals surface area contributed by atoms with Gasteiger partial charge in [-0.2, -0.15) is 0 Å². The summed E-state index contributed by atoms with van der Waals surface area (Å²) in [6.07, 6.45) is 4.84. The van der Waals surface area contributed by atoms with Gasteiger partial charge in [-0.15, -0.1) is 0 Å². The smallest absolute Gasteiger partial charge is 0.242 e. The first-order valence-corrected chi connectivity index (χ1v) is 9.11. The summed E-state index contributed by atoms with van der Waals surface area (Å²) in [5.74, 6) is -0.0493. The largest absolute Gasteiger partial charge is 0.385 e. The third-order valence-electron chi connectivity index (χ3n) is 4.60. The van der Waals surface area contributed by atoms with Crippen LogP contribution in [0.15, 0.2) is 18.3 Å². The van der Waals surface area contributed by atoms with Gasteiger partial charge in [-0.05, 0) is 31.4 Å². The fourth-order valence-corrected chi connectivity index (χ4v) is 2.93. The molecule has 0 unspecified atom stereocenters. The summed E-state index contributed by atoms with van der Waals surface area (Å²) < 4.78 is 7.12. The van der Waals surface area contributed by atoms with Gasteiger partial charge in [-0.25, -0.2) is 0 Å². The van der Waals surface area contributed by atoms with Crippen molar-refractivity contribution >= 4 is 11.8 Å². The highest BCUT2D eigenvalue weighted by Crippen LogP contribution is 2.28. The molecule has 2 amide bonds. The summed E-state index contributed by atoms with van der Waals surface area (Å²) in [6.45, 7) is 5.65. The van der Waals surface area contributed by atoms with Gasteiger partial charge in [0, 0.05) is 51.2 Å². The van der Waals surface area contributed by atoms with Crippen LogP contribution in [0.25, 0.3) is 0 Å². The molecule has 1 aliphatic rings. The first kappa shape index (κ1) is 19.5. The Labute approximate surface area is 150 Å². The lowest BCUT2D eigenvalue weighted by molar-refractivity contribution is -0.143. The summed E-state index contributed by atoms with van der Waals surface area (Å²) in [7, 11) is 3.64. The van der Waals surface area contributed by atoms with Crippen LogP contribution in [-0.2, 0) is 27.9 Å². The molecule has 1 saturated carbocycles. The van der Waals surface area contributed by atoms with Gasteiger partial charge < -0.3 is 19.1 Å². The van der Waals surface area contributed by atoms with Gasteiger partial charge in [-0.3, -0.25) is 9.59 Å². The molecule has 0 radical (unpaired) electrons. The summed E-state index contributed by atoms with van der Waals surface area (Å²) in [5.41, 5.74) is 1.11. The minimum Gasteiger partial charge on any atom is -0.385 e. The number of carbonyl (C=O) groups is 2. The van der Waals surface area contributed by atoms with E-state index in [4.69, 9.17) is 4.74 Å². The second-order valence-electron chi connectivity index (χ2n) is 7.12. The number of ether oxygens (including phenoxy) is 1. The van der Waals surface area contributed by atoms with Gasteiger partial charge in [0.2, 0.25) is 11.8 Å². The second-order valence-corrected chi connectivity index (χ2v) is 7.12. The van der Waals surface area contributed by atoms with Crippen LogP contribution in [0.5, 0.6) is 0 Å². The van der Waals surface area contributed by atoms with Crippen molar-refractivity contribution in [3.8, 4) is 0 Å². The maximum atomic E-state index is 12.9. The Morgan fingerprint density at radius 3 is 2.60 bits per heavy atom. The summed E-state index contributed by atoms with van der Waals surface area (Å²) in [4.78, 5) is 29.0. The highest BCUT2D eigenvalue weighted by atomic mass is 16.5. The van der Waals surface area contributed by atoms with E-state index in [-0.39, 0.29) is 24.3 Å². The van der Waals surface area contributed by atoms with E-state index >= 15 is 0 Å². The minimum atomic E-state index is -0.113. The van der Waals surface area contributed by atoms with Gasteiger partial charge in [0.1, 0.15) is 0 Å². The van der Waals surface area contributed by atoms with E-state index in [0.717, 1.165) is 25.0 Å². The molecule has 0 bridgehead atoms. The van der Waals surface area contributed by atoms with Crippen LogP contribution < -0.4 is 0 Å². The van der Waals surface area contributed by atoms with Crippen molar-refractivity contribution in [3.63, 3.8) is 0 Å². The number of rotatable bonds is 10. The van der Waals surface area contributed by atoms with E-state index in [1.54, 1.807) is 12.0 Å². The van der Waals surface area contributed by atoms with Crippen molar-refractivity contribution in [2.24, 2.45) is 13.0 Å². The number of aromatic nitrogens is 1. The normalized spacial score (nSPS) is 14.0. The standard InChI is InChI=1S/C19H31N3O3/c1-15(2)19(24)21(11-6-12-25-4)14-18(23)22(16-8-9-16)13-17-7-5-10-20(17)3/h5,7,10,15-16H,6,8-9,11-14H2,1-4H3. The summed E-state index contributed by atoms with van der Waals surface area (Å²) in [6, 6.07) is 4.35. The average Bonchev–Trinajstić information content (AvgIpc) is 3.33. The van der Waals surface area contributed by atoms with Crippen molar-refractivity contribution in [1.29, 1.82) is 0 Å². The van der Waals surface area contributed by atoms with Crippen LogP contribution in [0.3, 0.4) is 0 Å². The van der Waals surface area contributed by atoms with Crippen molar-refractivity contribution < 1.29 is 14.3 Å². The molecule has 1 aliphatic carbocycles. The molecular formula is C19H31N3O3. The van der Waals surface area contributed by atoms with E-state index in [0.29, 0.717) is 25.7 Å². The molecule has 1 aromatic rings. The highest BCUT2D eigenvalue weighted by molar-refractivity contribution is 5.86. The van der Waals surface area contributed by atoms with Crippen molar-refractivity contribution in [2.75, 3.05) is 26.8 Å². The first-order chi connectivity index (χ1) is 11.9. The number of nitrogens with zero attached hydrogens (tertiary/aromatic N) is 3. The van der Waals surface area contributed by atoms with Gasteiger partial charge in [0.25, 0.3) is 0 Å². The molecule has 25 heavy (non-hydrogen) atoms. The van der Waals surface area contributed by atoms with Crippen LogP contribution in [0.1, 0.15) is 38.8 Å². The predicted molar refractivity (Wildman–Crippen MR) is 96.9 cm³/mol. The highest BCUT2D eigenvalue weighted by Gasteiger charge is 2.34. The zero-order chi connectivity index (χ0) is 18.4. The van der Waals surface area contributed by atoms with Gasteiger partial charge in [0.15, 0.2) is 0 Å². The molecule has 0 N–H and O–H groups in total. The van der Waals surface area contributed by atoms with Gasteiger partial charge >= 0.3 is 0 Å². The fourth-order valence-electron chi connectivity index (χ4n) is 2.93. The zero-order valence-corrected chi connectivity index (χ0v) is 15.9. The second kappa shape index (κ2) is 9.04. The third-order valence-corrected chi connectivity index (χ3v) is 4.60. The molecule has 0 saturated heterocycles. The lowest BCUT2D eigenvalue weighted by Gasteiger charge is -2.29. The molecule has 6 heteroatoms. The summed E-state index contributed by atoms with van der Waals surface area (Å²) in [5, 5.41) is 0. The number of hydrogen-bond acceptors (Lipinski definition) is 3. The van der Waals surface area contributed by atoms with E-state index in [9.17, 15) is 9.59 Å². The minimum absolute atomic E-state index is 0.0269. The number of carbonyl (C=O) groups excluding carboxylic acids is 2. The number of hydrogen-bond donors (Lipinski definition) is 0. The molecule has 1 fully saturated rings. The fraction of sp³-hybridized carbons (Fsp3) is 0.684. The Bertz CT molecular complexity index is 578. The Balaban J connectivity index is 2.02. The van der Waals surface area contributed by atoms with Crippen LogP contribution in [-0.4, -0.2) is 59.0 Å². The Morgan fingerprint density at radius 1 is 1.36 bits per heavy atom. The van der Waals surface area contributed by atoms with Crippen LogP contribution in [0, 0.1) is 5.92 Å². The summed E-state index contributed by atoms with van der Waals surface area (Å²) >= 11 is 0. The average molecular weight is 349 g/mol. The Kier molecular flexibility index (Phi) is 7.05. The molecule has 0 aromatic carbocycles. The van der Waals surface area contributed by atoms with E-state index in [1.165, 1.54) is 0 Å². The van der Waals surface area contributed by atoms with E-state index < -0.39 is 0 Å². The van der Waals surface area contributed by atoms with Crippen LogP contribution >= 0.6 is 0 Å². The third kappa shape index (κ3) is 5.59. The number of methoxy groups -OCH3 is 1. The monoisotopic (exact) mass is 349 g/mol. The van der Waals surface area contributed by atoms with Crippen LogP contribution in [0.4, 0.5) is 0 Å². The molecule has 0 atom stereocenters. The van der Waals surface area contributed by atoms with Gasteiger partial charge in [-0.1, -0.05) is 13.8 Å². The lowest BCUT2D eigenvalue weighted by Crippen LogP contribution is -2.45. The molecule has 0 spiro atoms. The maximum absolute atomic E-state index is 12.9. The quantitative estimate of drug-likeness (QED) is 0.608. The molecule has 6 nitrogen and oxygen atoms in total. The first-order valence-electron chi connectivity index (χ1n) is 9.11. The number of amides is 2. The van der Waals surface area contributed by atoms with E-state index in [1.807, 2.05) is 48.7 Å². The van der Waals surface area contributed by atoms with Crippen LogP contribution in [0.2, 0.25) is 0 Å². The molecule has 1 aromatic heterocycles. The Hall–Kier alpha value is -1.82. The topological polar surface area (TPSA) is 54.8 Å². The predicted octanol–water partition coefficient (Wildman–Crippen LogP) is 2.04. The maximum Gasteiger partial charge on any atom is 0.242 e. The van der Waals surface area contributed by atoms with Crippen molar-refractivity contribution in [1.82, 2.24) is 14.4 Å². The van der Waals surface area contributed by atoms with Gasteiger partial charge in [0.05, 0.1) is 13.1 Å². The molecule has 140 valence electrons. The molecule has 0 aliphatic heterocycles. The zero-order valence-electron chi connectivity index (χ0n) is 15.9. The van der Waals surface area contributed by atoms with Crippen molar-refractivity contribution in [2.45, 2.75) is 45.7 Å². The lowest BCUT2D eigenvalue weighted by atomic mass is 10.2. The SMILES string of the molecule is COCCCN(CC(=O)N(Cc1cccn1C)C1CC1)C(=O)C(C)C. The Morgan fingerprint density at radius 2 is 2.08 bits per heavy atom. The molecule has 1 heterocycles. The van der Waals surface area contributed by atoms with E-state index in [2.05, 4.69) is 0 Å². The molecule has 2 rings (SSSR count). The van der Waals surface area contributed by atoms with Crippen molar-refractivity contribution in [3.05, 3.63) is 24.0 Å².